The summed E-state index contributed by atoms with van der Waals surface area (Å²) in [4.78, 5) is 36.5. The van der Waals surface area contributed by atoms with Crippen molar-refractivity contribution in [3.8, 4) is 22.5 Å². The molecule has 4 bridgehead atoms. The molecule has 2 atom stereocenters. The van der Waals surface area contributed by atoms with Crippen LogP contribution in [0.1, 0.15) is 35.1 Å². The van der Waals surface area contributed by atoms with Crippen LogP contribution in [0.4, 0.5) is 65.8 Å². The number of hydrogen-bond donors (Lipinski definition) is 3. The number of benzene rings is 2. The standard InChI is InChI=1S/C23H20F3N5O.C17H16F3N3.C5H6N2.2H2S/c1-14-11-18(15-5-4-6-16(12-15)23(24,25)26)28-21-20(14)30-10-8-17(13-30)31(21)22(32)29-19-7-2-3-9-27-19;1-10-7-14(11-3-2-4-12(8-11)17(18,19)20)22-16-15(10)23-6-5-13(9-23)21-16;6-5-3-1-2-4-7-5;;/h2-7,9,11-12,17H,8,10,13H2,1H3,(H,27,29,32);2-4,7-8,13H,5-6,9H2,1H3,(H,21,22);1-4H,(H2,6,7);2*1H2/t17-;13-;;;/m00.../s1. The maximum Gasteiger partial charge on any atom is 0.416 e. The van der Waals surface area contributed by atoms with Gasteiger partial charge in [-0.1, -0.05) is 36.4 Å². The first-order valence-electron chi connectivity index (χ1n) is 19.9. The average molecular weight is 921 g/mol. The first-order valence-corrected chi connectivity index (χ1v) is 19.9. The van der Waals surface area contributed by atoms with Crippen molar-refractivity contribution >= 4 is 67.7 Å². The maximum absolute atomic E-state index is 13.2. The number of alkyl halides is 6. The molecule has 0 unspecified atom stereocenters. The molecule has 0 saturated carbocycles. The summed E-state index contributed by atoms with van der Waals surface area (Å²) in [6, 6.07) is 24.7. The van der Waals surface area contributed by atoms with Gasteiger partial charge in [0.05, 0.1) is 39.9 Å². The SMILES string of the molecule is Cc1cc(-c2cccc(C(F)(F)F)c2)nc2c1N1CC[C@@H](C1)N2.Cc1cc(-c2cccc(C(F)(F)F)c2)nc2c1N1CC[C@@H](C1)N2C(=O)Nc1ccccn1.Nc1ccccn1.S.S. The van der Waals surface area contributed by atoms with Gasteiger partial charge in [0, 0.05) is 55.7 Å². The van der Waals surface area contributed by atoms with Crippen LogP contribution in [0.25, 0.3) is 22.5 Å². The zero-order valence-electron chi connectivity index (χ0n) is 34.7. The molecule has 336 valence electrons. The largest absolute Gasteiger partial charge is 0.416 e. The third-order valence-electron chi connectivity index (χ3n) is 11.0. The first kappa shape index (κ1) is 47.3. The number of amides is 2. The topological polar surface area (TPSA) is 128 Å². The van der Waals surface area contributed by atoms with Gasteiger partial charge < -0.3 is 20.9 Å². The number of rotatable bonds is 3. The number of urea groups is 1. The zero-order chi connectivity index (χ0) is 43.8. The van der Waals surface area contributed by atoms with Gasteiger partial charge in [0.2, 0.25) is 0 Å². The summed E-state index contributed by atoms with van der Waals surface area (Å²) < 4.78 is 78.4. The van der Waals surface area contributed by atoms with Crippen LogP contribution in [-0.2, 0) is 12.4 Å². The van der Waals surface area contributed by atoms with Crippen molar-refractivity contribution in [3.05, 3.63) is 132 Å². The van der Waals surface area contributed by atoms with Crippen molar-refractivity contribution in [1.82, 2.24) is 19.9 Å². The minimum absolute atomic E-state index is 0. The Kier molecular flexibility index (Phi) is 14.2. The van der Waals surface area contributed by atoms with E-state index >= 15 is 0 Å². The summed E-state index contributed by atoms with van der Waals surface area (Å²) >= 11 is 0. The van der Waals surface area contributed by atoms with E-state index in [1.54, 1.807) is 59.8 Å². The molecule has 0 radical (unpaired) electrons. The molecule has 2 saturated heterocycles. The van der Waals surface area contributed by atoms with Gasteiger partial charge in [-0.05, 0) is 98.5 Å². The van der Waals surface area contributed by atoms with E-state index in [2.05, 4.69) is 40.4 Å². The lowest BCUT2D eigenvalue weighted by Crippen LogP contribution is -2.48. The van der Waals surface area contributed by atoms with Crippen molar-refractivity contribution in [2.45, 2.75) is 51.1 Å². The molecule has 0 spiro atoms. The lowest BCUT2D eigenvalue weighted by molar-refractivity contribution is -0.138. The number of halogens is 6. The number of nitrogens with two attached hydrogens (primary N) is 1. The van der Waals surface area contributed by atoms with Crippen LogP contribution in [0.5, 0.6) is 0 Å². The highest BCUT2D eigenvalue weighted by Gasteiger charge is 2.42. The van der Waals surface area contributed by atoms with Crippen LogP contribution in [-0.4, -0.2) is 64.2 Å². The third kappa shape index (κ3) is 10.3. The molecule has 4 aliphatic heterocycles. The van der Waals surface area contributed by atoms with Crippen LogP contribution in [0.3, 0.4) is 0 Å². The van der Waals surface area contributed by atoms with Gasteiger partial charge in [-0.15, -0.1) is 0 Å². The van der Waals surface area contributed by atoms with E-state index in [-0.39, 0.29) is 39.1 Å². The van der Waals surface area contributed by atoms with Crippen LogP contribution >= 0.6 is 27.0 Å². The minimum Gasteiger partial charge on any atom is -0.384 e. The smallest absolute Gasteiger partial charge is 0.384 e. The molecule has 11 nitrogen and oxygen atoms in total. The van der Waals surface area contributed by atoms with E-state index < -0.39 is 23.5 Å². The highest BCUT2D eigenvalue weighted by atomic mass is 32.1. The molecule has 4 aliphatic rings. The Bertz CT molecular complexity index is 2590. The second kappa shape index (κ2) is 19.3. The van der Waals surface area contributed by atoms with E-state index in [0.717, 1.165) is 85.1 Å². The van der Waals surface area contributed by atoms with E-state index in [1.165, 1.54) is 12.1 Å². The summed E-state index contributed by atoms with van der Waals surface area (Å²) in [5.41, 5.74) is 9.48. The number of anilines is 6. The van der Waals surface area contributed by atoms with Crippen molar-refractivity contribution in [1.29, 1.82) is 0 Å². The number of carbonyl (C=O) groups is 1. The van der Waals surface area contributed by atoms with Crippen LogP contribution in [0, 0.1) is 13.8 Å². The molecular formula is C45H46F6N10OS2. The van der Waals surface area contributed by atoms with Crippen LogP contribution < -0.4 is 31.1 Å². The number of aromatic nitrogens is 4. The number of pyridine rings is 4. The van der Waals surface area contributed by atoms with Gasteiger partial charge in [0.1, 0.15) is 11.6 Å². The fraction of sp³-hybridized carbons (Fsp3) is 0.267. The number of nitrogens with zero attached hydrogens (tertiary/aromatic N) is 7. The lowest BCUT2D eigenvalue weighted by atomic mass is 10.0. The van der Waals surface area contributed by atoms with Crippen molar-refractivity contribution < 1.29 is 31.1 Å². The quantitative estimate of drug-likeness (QED) is 0.149. The Morgan fingerprint density at radius 3 is 1.84 bits per heavy atom. The van der Waals surface area contributed by atoms with Crippen molar-refractivity contribution in [2.75, 3.05) is 57.2 Å². The number of fused-ring (bicyclic) bond motifs is 8. The molecule has 4 aromatic heterocycles. The van der Waals surface area contributed by atoms with Gasteiger partial charge in [-0.2, -0.15) is 53.3 Å². The molecule has 19 heteroatoms. The summed E-state index contributed by atoms with van der Waals surface area (Å²) in [6.07, 6.45) is -3.69. The highest BCUT2D eigenvalue weighted by molar-refractivity contribution is 7.59. The maximum atomic E-state index is 13.2. The molecular weight excluding hydrogens is 875 g/mol. The van der Waals surface area contributed by atoms with E-state index in [9.17, 15) is 31.1 Å². The lowest BCUT2D eigenvalue weighted by Gasteiger charge is -2.36. The summed E-state index contributed by atoms with van der Waals surface area (Å²) in [5.74, 6) is 2.23. The number of hydrogen-bond acceptors (Lipinski definition) is 9. The summed E-state index contributed by atoms with van der Waals surface area (Å²) in [6.45, 7) is 7.32. The minimum atomic E-state index is -4.45. The second-order valence-corrected chi connectivity index (χ2v) is 15.4. The highest BCUT2D eigenvalue weighted by Crippen LogP contribution is 2.44. The Morgan fingerprint density at radius 2 is 1.28 bits per heavy atom. The Balaban J connectivity index is 0.000000186. The Hall–Kier alpha value is -6.21. The predicted octanol–water partition coefficient (Wildman–Crippen LogP) is 10.1. The van der Waals surface area contributed by atoms with Crippen LogP contribution in [0.2, 0.25) is 0 Å². The van der Waals surface area contributed by atoms with E-state index in [1.807, 2.05) is 32.0 Å². The third-order valence-corrected chi connectivity index (χ3v) is 11.0. The normalized spacial score (nSPS) is 16.6. The van der Waals surface area contributed by atoms with Gasteiger partial charge in [-0.25, -0.2) is 24.7 Å². The first-order chi connectivity index (χ1) is 29.6. The summed E-state index contributed by atoms with van der Waals surface area (Å²) in [7, 11) is 0. The van der Waals surface area contributed by atoms with Gasteiger partial charge >= 0.3 is 18.4 Å². The predicted molar refractivity (Wildman–Crippen MR) is 249 cm³/mol. The van der Waals surface area contributed by atoms with E-state index in [4.69, 9.17) is 5.73 Å². The van der Waals surface area contributed by atoms with Gasteiger partial charge in [0.15, 0.2) is 11.6 Å². The molecule has 8 heterocycles. The average Bonchev–Trinajstić information content (AvgIpc) is 3.83. The number of aryl methyl sites for hydroxylation is 2. The zero-order valence-corrected chi connectivity index (χ0v) is 36.7. The molecule has 4 N–H and O–H groups in total. The number of carbonyl (C=O) groups excluding carboxylic acids is 1. The van der Waals surface area contributed by atoms with Gasteiger partial charge in [-0.3, -0.25) is 10.2 Å². The molecule has 64 heavy (non-hydrogen) atoms. The van der Waals surface area contributed by atoms with Gasteiger partial charge in [0.25, 0.3) is 0 Å². The molecule has 2 aromatic carbocycles. The molecule has 2 fully saturated rings. The Morgan fingerprint density at radius 1 is 0.703 bits per heavy atom. The van der Waals surface area contributed by atoms with Crippen molar-refractivity contribution in [3.63, 3.8) is 0 Å². The fourth-order valence-electron chi connectivity index (χ4n) is 8.23. The van der Waals surface area contributed by atoms with Crippen LogP contribution in [0.15, 0.2) is 109 Å². The second-order valence-electron chi connectivity index (χ2n) is 15.4. The monoisotopic (exact) mass is 920 g/mol. The molecule has 10 rings (SSSR count). The van der Waals surface area contributed by atoms with Crippen molar-refractivity contribution in [2.24, 2.45) is 0 Å². The van der Waals surface area contributed by atoms with E-state index in [0.29, 0.717) is 52.6 Å². The Labute approximate surface area is 380 Å². The molecule has 6 aromatic rings. The number of nitrogens with one attached hydrogen (secondary N) is 2. The fourth-order valence-corrected chi connectivity index (χ4v) is 8.23. The summed E-state index contributed by atoms with van der Waals surface area (Å²) in [5, 5.41) is 6.22. The molecule has 0 aliphatic carbocycles. The molecule has 2 amide bonds. The number of nitrogen functional groups attached to an aromatic ring is 1.